The Morgan fingerprint density at radius 2 is 2.00 bits per heavy atom. The topological polar surface area (TPSA) is 77.7 Å². The molecule has 4 rings (SSSR count). The average Bonchev–Trinajstić information content (AvgIpc) is 2.71. The van der Waals surface area contributed by atoms with Crippen LogP contribution in [0.5, 0.6) is 0 Å². The van der Waals surface area contributed by atoms with E-state index < -0.39 is 0 Å². The highest BCUT2D eigenvalue weighted by Gasteiger charge is 2.22. The molecule has 1 aliphatic heterocycles. The van der Waals surface area contributed by atoms with E-state index in [2.05, 4.69) is 31.5 Å². The fourth-order valence-electron chi connectivity index (χ4n) is 3.39. The molecule has 0 spiro atoms. The van der Waals surface area contributed by atoms with Gasteiger partial charge in [-0.3, -0.25) is 4.98 Å². The Labute approximate surface area is 162 Å². The molecule has 6 nitrogen and oxygen atoms in total. The Morgan fingerprint density at radius 1 is 1.18 bits per heavy atom. The van der Waals surface area contributed by atoms with Gasteiger partial charge >= 0.3 is 0 Å². The predicted molar refractivity (Wildman–Crippen MR) is 105 cm³/mol. The lowest BCUT2D eigenvalue weighted by atomic mass is 10.0. The molecule has 1 aliphatic rings. The number of para-hydroxylation sites is 1. The lowest BCUT2D eigenvalue weighted by molar-refractivity contribution is 0.632. The van der Waals surface area contributed by atoms with Gasteiger partial charge in [0.15, 0.2) is 11.5 Å². The van der Waals surface area contributed by atoms with Gasteiger partial charge in [-0.2, -0.15) is 5.26 Å². The molecule has 0 radical (unpaired) electrons. The van der Waals surface area contributed by atoms with Crippen LogP contribution in [0, 0.1) is 31.0 Å². The van der Waals surface area contributed by atoms with Crippen LogP contribution in [0.2, 0.25) is 0 Å². The number of hydrogen-bond donors (Lipinski definition) is 1. The number of hydrogen-bond acceptors (Lipinski definition) is 6. The van der Waals surface area contributed by atoms with Gasteiger partial charge in [0, 0.05) is 25.2 Å². The number of halogens is 1. The minimum absolute atomic E-state index is 0.305. The first-order valence-corrected chi connectivity index (χ1v) is 9.05. The van der Waals surface area contributed by atoms with Gasteiger partial charge in [-0.1, -0.05) is 12.1 Å². The first-order valence-electron chi connectivity index (χ1n) is 9.05. The Morgan fingerprint density at radius 3 is 2.79 bits per heavy atom. The summed E-state index contributed by atoms with van der Waals surface area (Å²) in [6.45, 7) is 5.27. The van der Waals surface area contributed by atoms with E-state index in [1.807, 2.05) is 19.9 Å². The molecule has 3 aromatic rings. The van der Waals surface area contributed by atoms with Crippen LogP contribution >= 0.6 is 0 Å². The summed E-state index contributed by atoms with van der Waals surface area (Å²) in [6, 6.07) is 10.6. The fraction of sp³-hybridized carbons (Fsp3) is 0.238. The summed E-state index contributed by atoms with van der Waals surface area (Å²) in [4.78, 5) is 6.70. The number of aromatic nitrogens is 3. The molecule has 28 heavy (non-hydrogen) atoms. The lowest BCUT2D eigenvalue weighted by Crippen LogP contribution is -2.32. The zero-order valence-electron chi connectivity index (χ0n) is 15.7. The van der Waals surface area contributed by atoms with E-state index in [0.29, 0.717) is 17.9 Å². The second-order valence-corrected chi connectivity index (χ2v) is 6.84. The molecule has 1 N–H and O–H groups in total. The number of nitrogens with zero attached hydrogens (tertiary/aromatic N) is 5. The number of benzene rings is 1. The van der Waals surface area contributed by atoms with Crippen molar-refractivity contribution >= 4 is 17.2 Å². The van der Waals surface area contributed by atoms with Crippen molar-refractivity contribution < 1.29 is 4.39 Å². The number of nitrogens with one attached hydrogen (secondary N) is 1. The Kier molecular flexibility index (Phi) is 4.62. The minimum atomic E-state index is -0.305. The molecule has 1 aromatic carbocycles. The zero-order valence-corrected chi connectivity index (χ0v) is 15.7. The number of nitriles is 1. The molecule has 0 saturated carbocycles. The highest BCUT2D eigenvalue weighted by Crippen LogP contribution is 2.28. The second-order valence-electron chi connectivity index (χ2n) is 6.84. The highest BCUT2D eigenvalue weighted by molar-refractivity contribution is 5.61. The van der Waals surface area contributed by atoms with Crippen LogP contribution in [0.25, 0.3) is 0 Å². The maximum atomic E-state index is 13.9. The third-order valence-electron chi connectivity index (χ3n) is 5.10. The van der Waals surface area contributed by atoms with E-state index in [0.717, 1.165) is 46.9 Å². The summed E-state index contributed by atoms with van der Waals surface area (Å²) in [6.07, 6.45) is 2.52. The van der Waals surface area contributed by atoms with Gasteiger partial charge in [0.05, 0.1) is 17.6 Å². The summed E-state index contributed by atoms with van der Waals surface area (Å²) in [7, 11) is 0. The van der Waals surface area contributed by atoms with E-state index in [1.54, 1.807) is 24.4 Å². The van der Waals surface area contributed by atoms with Gasteiger partial charge in [-0.25, -0.2) is 4.39 Å². The summed E-state index contributed by atoms with van der Waals surface area (Å²) >= 11 is 0. The second kappa shape index (κ2) is 7.24. The maximum Gasteiger partial charge on any atom is 0.166 e. The summed E-state index contributed by atoms with van der Waals surface area (Å²) in [5.74, 6) is 0.482. The van der Waals surface area contributed by atoms with Crippen molar-refractivity contribution in [3.8, 4) is 6.07 Å². The van der Waals surface area contributed by atoms with E-state index in [4.69, 9.17) is 5.26 Å². The maximum absolute atomic E-state index is 13.9. The van der Waals surface area contributed by atoms with E-state index in [-0.39, 0.29) is 5.82 Å². The first kappa shape index (κ1) is 17.9. The van der Waals surface area contributed by atoms with E-state index >= 15 is 0 Å². The van der Waals surface area contributed by atoms with E-state index in [9.17, 15) is 4.39 Å². The smallest absolute Gasteiger partial charge is 0.166 e. The summed E-state index contributed by atoms with van der Waals surface area (Å²) < 4.78 is 13.9. The molecule has 0 atom stereocenters. The molecule has 7 heteroatoms. The highest BCUT2D eigenvalue weighted by atomic mass is 19.1. The van der Waals surface area contributed by atoms with Gasteiger partial charge < -0.3 is 10.2 Å². The fourth-order valence-corrected chi connectivity index (χ4v) is 3.39. The van der Waals surface area contributed by atoms with Crippen LogP contribution < -0.4 is 10.2 Å². The van der Waals surface area contributed by atoms with Crippen molar-refractivity contribution in [1.29, 1.82) is 5.26 Å². The van der Waals surface area contributed by atoms with Crippen molar-refractivity contribution in [1.82, 2.24) is 15.2 Å². The van der Waals surface area contributed by atoms with Crippen LogP contribution in [0.3, 0.4) is 0 Å². The normalized spacial score (nSPS) is 13.0. The molecule has 2 aromatic heterocycles. The predicted octanol–water partition coefficient (Wildman–Crippen LogP) is 3.81. The molecule has 0 aliphatic carbocycles. The third-order valence-corrected chi connectivity index (χ3v) is 5.10. The monoisotopic (exact) mass is 374 g/mol. The molecule has 0 unspecified atom stereocenters. The van der Waals surface area contributed by atoms with Crippen molar-refractivity contribution in [2.24, 2.45) is 0 Å². The molecule has 140 valence electrons. The van der Waals surface area contributed by atoms with Crippen molar-refractivity contribution in [3.63, 3.8) is 0 Å². The molecule has 0 bridgehead atoms. The van der Waals surface area contributed by atoms with Gasteiger partial charge in [-0.15, -0.1) is 10.2 Å². The van der Waals surface area contributed by atoms with Gasteiger partial charge in [0.1, 0.15) is 11.9 Å². The molecular formula is C21H19FN6. The lowest BCUT2D eigenvalue weighted by Gasteiger charge is -2.30. The molecule has 0 fully saturated rings. The van der Waals surface area contributed by atoms with Gasteiger partial charge in [-0.05, 0) is 48.7 Å². The van der Waals surface area contributed by atoms with Crippen LogP contribution in [-0.2, 0) is 13.0 Å². The van der Waals surface area contributed by atoms with Crippen LogP contribution in [0.1, 0.15) is 28.1 Å². The average molecular weight is 374 g/mol. The number of fused-ring (bicyclic) bond motifs is 1. The van der Waals surface area contributed by atoms with E-state index in [1.165, 1.54) is 6.07 Å². The minimum Gasteiger partial charge on any atom is -0.352 e. The Bertz CT molecular complexity index is 1090. The Balaban J connectivity index is 1.61. The first-order chi connectivity index (χ1) is 13.6. The largest absolute Gasteiger partial charge is 0.352 e. The third kappa shape index (κ3) is 3.25. The molecule has 0 amide bonds. The number of rotatable bonds is 3. The van der Waals surface area contributed by atoms with Crippen LogP contribution in [-0.4, -0.2) is 21.7 Å². The van der Waals surface area contributed by atoms with Crippen molar-refractivity contribution in [2.75, 3.05) is 16.8 Å². The van der Waals surface area contributed by atoms with Gasteiger partial charge in [0.2, 0.25) is 0 Å². The van der Waals surface area contributed by atoms with Crippen LogP contribution in [0.4, 0.5) is 21.6 Å². The van der Waals surface area contributed by atoms with Gasteiger partial charge in [0.25, 0.3) is 0 Å². The van der Waals surface area contributed by atoms with Crippen LogP contribution in [0.15, 0.2) is 36.5 Å². The molecule has 3 heterocycles. The number of pyridine rings is 1. The number of anilines is 3. The summed E-state index contributed by atoms with van der Waals surface area (Å²) in [5.41, 5.74) is 5.43. The standard InChI is InChI=1S/C21H19FN6/c1-13-14(2)21(27-26-20(13)10-23)28-8-7-18-15(12-28)9-16(11-24-18)25-19-6-4-3-5-17(19)22/h3-6,9,11,25H,7-8,12H2,1-2H3. The molecular weight excluding hydrogens is 355 g/mol. The van der Waals surface area contributed by atoms with Crippen molar-refractivity contribution in [3.05, 3.63) is 70.4 Å². The summed E-state index contributed by atoms with van der Waals surface area (Å²) in [5, 5.41) is 20.6. The SMILES string of the molecule is Cc1c(C#N)nnc(N2CCc3ncc(Nc4ccccc4F)cc3C2)c1C. The zero-order chi connectivity index (χ0) is 19.7. The van der Waals surface area contributed by atoms with Crippen molar-refractivity contribution in [2.45, 2.75) is 26.8 Å². The molecule has 0 saturated heterocycles. The quantitative estimate of drug-likeness (QED) is 0.751. The Hall–Kier alpha value is -3.53.